The number of aryl methyl sites for hydroxylation is 2. The molecule has 1 aliphatic heterocycles. The Morgan fingerprint density at radius 3 is 2.68 bits per heavy atom. The lowest BCUT2D eigenvalue weighted by atomic mass is 10.1. The van der Waals surface area contributed by atoms with E-state index in [2.05, 4.69) is 30.9 Å². The van der Waals surface area contributed by atoms with Crippen LogP contribution >= 0.6 is 0 Å². The van der Waals surface area contributed by atoms with Crippen molar-refractivity contribution in [2.75, 3.05) is 23.7 Å². The van der Waals surface area contributed by atoms with Crippen molar-refractivity contribution in [3.63, 3.8) is 0 Å². The summed E-state index contributed by atoms with van der Waals surface area (Å²) in [6.07, 6.45) is 3.74. The average molecular weight is 382 g/mol. The van der Waals surface area contributed by atoms with Gasteiger partial charge in [0, 0.05) is 31.4 Å². The van der Waals surface area contributed by atoms with E-state index >= 15 is 0 Å². The lowest BCUT2D eigenvalue weighted by Gasteiger charge is -2.23. The minimum atomic E-state index is 0.0184. The van der Waals surface area contributed by atoms with Crippen molar-refractivity contribution in [3.8, 4) is 0 Å². The van der Waals surface area contributed by atoms with Crippen LogP contribution in [-0.2, 0) is 13.1 Å². The molecule has 2 aromatic heterocycles. The molecule has 4 rings (SSSR count). The molecule has 9 heteroatoms. The smallest absolute Gasteiger partial charge is 0.329 e. The summed E-state index contributed by atoms with van der Waals surface area (Å²) >= 11 is 0. The first-order chi connectivity index (χ1) is 13.7. The van der Waals surface area contributed by atoms with Crippen LogP contribution in [0.25, 0.3) is 11.0 Å². The number of piperidine rings is 1. The fourth-order valence-corrected chi connectivity index (χ4v) is 3.72. The first-order valence-corrected chi connectivity index (χ1v) is 9.86. The standard InChI is InChI=1S/C19H26N8O/c1-3-26-15-8-7-13(10-16(15)27(4-2)19(26)28)23-17-21-12-22-18(25-17)24-14-6-5-9-20-11-14/h7-8,10,12,14,20H,3-6,9,11H2,1-2H3,(H2,21,22,23,24,25). The van der Waals surface area contributed by atoms with E-state index in [0.29, 0.717) is 31.0 Å². The SMILES string of the molecule is CCn1c(=O)n(CC)c2cc(Nc3ncnc(NC4CCCNC4)n3)ccc21. The molecule has 0 radical (unpaired) electrons. The predicted octanol–water partition coefficient (Wildman–Crippen LogP) is 1.94. The Bertz CT molecular complexity index is 1020. The largest absolute Gasteiger partial charge is 0.350 e. The van der Waals surface area contributed by atoms with E-state index in [9.17, 15) is 4.79 Å². The third kappa shape index (κ3) is 3.57. The Balaban J connectivity index is 1.58. The maximum absolute atomic E-state index is 12.5. The van der Waals surface area contributed by atoms with E-state index in [0.717, 1.165) is 42.7 Å². The number of rotatable bonds is 6. The lowest BCUT2D eigenvalue weighted by Crippen LogP contribution is -2.38. The second-order valence-corrected chi connectivity index (χ2v) is 6.92. The van der Waals surface area contributed by atoms with Crippen molar-refractivity contribution in [2.24, 2.45) is 0 Å². The van der Waals surface area contributed by atoms with Crippen molar-refractivity contribution in [1.82, 2.24) is 29.4 Å². The third-order valence-corrected chi connectivity index (χ3v) is 5.11. The highest BCUT2D eigenvalue weighted by molar-refractivity contribution is 5.81. The maximum atomic E-state index is 12.5. The molecule has 3 heterocycles. The molecule has 0 amide bonds. The fraction of sp³-hybridized carbons (Fsp3) is 0.474. The number of benzene rings is 1. The van der Waals surface area contributed by atoms with Crippen molar-refractivity contribution in [3.05, 3.63) is 35.0 Å². The van der Waals surface area contributed by atoms with Gasteiger partial charge in [-0.3, -0.25) is 9.13 Å². The molecule has 0 saturated carbocycles. The van der Waals surface area contributed by atoms with E-state index in [1.165, 1.54) is 6.33 Å². The van der Waals surface area contributed by atoms with Crippen molar-refractivity contribution >= 4 is 28.6 Å². The summed E-state index contributed by atoms with van der Waals surface area (Å²) in [5, 5.41) is 9.96. The Morgan fingerprint density at radius 1 is 1.14 bits per heavy atom. The second-order valence-electron chi connectivity index (χ2n) is 6.92. The lowest BCUT2D eigenvalue weighted by molar-refractivity contribution is 0.478. The number of imidazole rings is 1. The Morgan fingerprint density at radius 2 is 1.93 bits per heavy atom. The number of nitrogens with one attached hydrogen (secondary N) is 3. The van der Waals surface area contributed by atoms with Crippen LogP contribution in [0.5, 0.6) is 0 Å². The summed E-state index contributed by atoms with van der Waals surface area (Å²) in [7, 11) is 0. The number of hydrogen-bond acceptors (Lipinski definition) is 7. The van der Waals surface area contributed by atoms with Gasteiger partial charge in [-0.2, -0.15) is 4.98 Å². The molecular weight excluding hydrogens is 356 g/mol. The number of nitrogens with zero attached hydrogens (tertiary/aromatic N) is 5. The van der Waals surface area contributed by atoms with Gasteiger partial charge in [-0.1, -0.05) is 0 Å². The summed E-state index contributed by atoms with van der Waals surface area (Å²) in [6, 6.07) is 6.20. The number of anilines is 3. The molecule has 3 aromatic rings. The van der Waals surface area contributed by atoms with Gasteiger partial charge >= 0.3 is 5.69 Å². The molecule has 1 aromatic carbocycles. The van der Waals surface area contributed by atoms with Crippen LogP contribution in [0.1, 0.15) is 26.7 Å². The number of fused-ring (bicyclic) bond motifs is 1. The first kappa shape index (κ1) is 18.4. The zero-order valence-electron chi connectivity index (χ0n) is 16.3. The van der Waals surface area contributed by atoms with Crippen molar-refractivity contribution in [1.29, 1.82) is 0 Å². The van der Waals surface area contributed by atoms with E-state index in [1.54, 1.807) is 9.13 Å². The van der Waals surface area contributed by atoms with Crippen molar-refractivity contribution < 1.29 is 0 Å². The first-order valence-electron chi connectivity index (χ1n) is 9.86. The van der Waals surface area contributed by atoms with Gasteiger partial charge in [-0.15, -0.1) is 0 Å². The van der Waals surface area contributed by atoms with Crippen LogP contribution in [0, 0.1) is 0 Å². The molecule has 3 N–H and O–H groups in total. The highest BCUT2D eigenvalue weighted by atomic mass is 16.1. The fourth-order valence-electron chi connectivity index (χ4n) is 3.72. The van der Waals surface area contributed by atoms with E-state index in [-0.39, 0.29) is 5.69 Å². The molecule has 148 valence electrons. The van der Waals surface area contributed by atoms with Crippen molar-refractivity contribution in [2.45, 2.75) is 45.8 Å². The van der Waals surface area contributed by atoms with Gasteiger partial charge in [0.15, 0.2) is 0 Å². The van der Waals surface area contributed by atoms with E-state index < -0.39 is 0 Å². The molecule has 28 heavy (non-hydrogen) atoms. The Labute approximate surface area is 163 Å². The van der Waals surface area contributed by atoms with Crippen LogP contribution in [0.4, 0.5) is 17.6 Å². The van der Waals surface area contributed by atoms with Gasteiger partial charge in [-0.05, 0) is 51.4 Å². The van der Waals surface area contributed by atoms with Crippen LogP contribution in [0.15, 0.2) is 29.3 Å². The van der Waals surface area contributed by atoms with Gasteiger partial charge < -0.3 is 16.0 Å². The molecule has 0 spiro atoms. The molecule has 1 aliphatic rings. The molecule has 0 bridgehead atoms. The van der Waals surface area contributed by atoms with Gasteiger partial charge in [0.2, 0.25) is 11.9 Å². The number of hydrogen-bond donors (Lipinski definition) is 3. The van der Waals surface area contributed by atoms with Crippen LogP contribution in [0.2, 0.25) is 0 Å². The molecular formula is C19H26N8O. The molecule has 1 unspecified atom stereocenters. The molecule has 1 atom stereocenters. The predicted molar refractivity (Wildman–Crippen MR) is 110 cm³/mol. The second kappa shape index (κ2) is 7.97. The molecule has 9 nitrogen and oxygen atoms in total. The van der Waals surface area contributed by atoms with Gasteiger partial charge in [0.25, 0.3) is 0 Å². The van der Waals surface area contributed by atoms with Crippen LogP contribution in [0.3, 0.4) is 0 Å². The summed E-state index contributed by atoms with van der Waals surface area (Å²) < 4.78 is 3.56. The molecule has 1 fully saturated rings. The van der Waals surface area contributed by atoms with Gasteiger partial charge in [0.1, 0.15) is 6.33 Å². The minimum Gasteiger partial charge on any atom is -0.350 e. The monoisotopic (exact) mass is 382 g/mol. The summed E-state index contributed by atoms with van der Waals surface area (Å²) in [5.41, 5.74) is 2.69. The van der Waals surface area contributed by atoms with Gasteiger partial charge in [-0.25, -0.2) is 14.8 Å². The van der Waals surface area contributed by atoms with E-state index in [1.807, 2.05) is 32.0 Å². The quantitative estimate of drug-likeness (QED) is 0.599. The highest BCUT2D eigenvalue weighted by Crippen LogP contribution is 2.21. The summed E-state index contributed by atoms with van der Waals surface area (Å²) in [4.78, 5) is 25.4. The minimum absolute atomic E-state index is 0.0184. The summed E-state index contributed by atoms with van der Waals surface area (Å²) in [5.74, 6) is 1.04. The zero-order valence-corrected chi connectivity index (χ0v) is 16.3. The average Bonchev–Trinajstić information content (AvgIpc) is 2.98. The van der Waals surface area contributed by atoms with E-state index in [4.69, 9.17) is 0 Å². The highest BCUT2D eigenvalue weighted by Gasteiger charge is 2.15. The maximum Gasteiger partial charge on any atom is 0.329 e. The van der Waals surface area contributed by atoms with Gasteiger partial charge in [0.05, 0.1) is 11.0 Å². The third-order valence-electron chi connectivity index (χ3n) is 5.11. The summed E-state index contributed by atoms with van der Waals surface area (Å²) in [6.45, 7) is 7.20. The Hall–Kier alpha value is -2.94. The normalized spacial score (nSPS) is 17.0. The van der Waals surface area contributed by atoms with Crippen LogP contribution in [-0.4, -0.2) is 43.2 Å². The molecule has 0 aliphatic carbocycles. The Kier molecular flexibility index (Phi) is 5.25. The number of aromatic nitrogens is 5. The zero-order chi connectivity index (χ0) is 19.5. The molecule has 1 saturated heterocycles. The topological polar surface area (TPSA) is 102 Å². The van der Waals surface area contributed by atoms with Crippen LogP contribution < -0.4 is 21.6 Å².